The van der Waals surface area contributed by atoms with Crippen LogP contribution in [0.1, 0.15) is 13.8 Å². The maximum Gasteiger partial charge on any atom is 0.0164 e. The molecule has 14 heavy (non-hydrogen) atoms. The third-order valence-corrected chi connectivity index (χ3v) is 2.40. The zero-order valence-corrected chi connectivity index (χ0v) is 9.71. The molecule has 0 heterocycles. The lowest BCUT2D eigenvalue weighted by Gasteiger charge is -2.24. The summed E-state index contributed by atoms with van der Waals surface area (Å²) in [4.78, 5) is 4.78. The van der Waals surface area contributed by atoms with Crippen molar-refractivity contribution in [2.75, 3.05) is 39.3 Å². The minimum Gasteiger partial charge on any atom is -0.303 e. The van der Waals surface area contributed by atoms with Gasteiger partial charge in [0.1, 0.15) is 0 Å². The lowest BCUT2D eigenvalue weighted by Crippen LogP contribution is -2.35. The predicted octanol–water partition coefficient (Wildman–Crippen LogP) is 2.00. The van der Waals surface area contributed by atoms with Crippen molar-refractivity contribution in [3.8, 4) is 0 Å². The zero-order chi connectivity index (χ0) is 10.8. The van der Waals surface area contributed by atoms with E-state index in [4.69, 9.17) is 0 Å². The standard InChI is InChI=1S/C12H24N2/c1-5-9-14(10-6-2)12-11-13(7-3)8-4/h5-6H,1-2,7-12H2,3-4H3. The summed E-state index contributed by atoms with van der Waals surface area (Å²) in [5.74, 6) is 0. The van der Waals surface area contributed by atoms with Crippen molar-refractivity contribution in [3.05, 3.63) is 25.3 Å². The van der Waals surface area contributed by atoms with Gasteiger partial charge >= 0.3 is 0 Å². The summed E-state index contributed by atoms with van der Waals surface area (Å²) in [5, 5.41) is 0. The fraction of sp³-hybridized carbons (Fsp3) is 0.667. The molecule has 0 radical (unpaired) electrons. The van der Waals surface area contributed by atoms with Crippen LogP contribution in [0.2, 0.25) is 0 Å². The molecule has 0 aromatic heterocycles. The second-order valence-electron chi connectivity index (χ2n) is 3.36. The molecule has 0 aromatic carbocycles. The van der Waals surface area contributed by atoms with Crippen molar-refractivity contribution < 1.29 is 0 Å². The minimum absolute atomic E-state index is 0.952. The van der Waals surface area contributed by atoms with Crippen LogP contribution in [-0.2, 0) is 0 Å². The van der Waals surface area contributed by atoms with Crippen molar-refractivity contribution in [2.45, 2.75) is 13.8 Å². The third-order valence-electron chi connectivity index (χ3n) is 2.40. The van der Waals surface area contributed by atoms with Crippen LogP contribution in [0.4, 0.5) is 0 Å². The van der Waals surface area contributed by atoms with E-state index in [9.17, 15) is 0 Å². The van der Waals surface area contributed by atoms with E-state index in [2.05, 4.69) is 36.8 Å². The van der Waals surface area contributed by atoms with Gasteiger partial charge in [-0.1, -0.05) is 26.0 Å². The molecule has 0 atom stereocenters. The van der Waals surface area contributed by atoms with Gasteiger partial charge in [-0.3, -0.25) is 4.90 Å². The van der Waals surface area contributed by atoms with Crippen LogP contribution in [0.3, 0.4) is 0 Å². The van der Waals surface area contributed by atoms with E-state index in [1.807, 2.05) is 12.2 Å². The molecule has 0 saturated heterocycles. The van der Waals surface area contributed by atoms with Crippen LogP contribution >= 0.6 is 0 Å². The number of rotatable bonds is 9. The monoisotopic (exact) mass is 196 g/mol. The van der Waals surface area contributed by atoms with E-state index >= 15 is 0 Å². The van der Waals surface area contributed by atoms with Crippen molar-refractivity contribution in [1.29, 1.82) is 0 Å². The van der Waals surface area contributed by atoms with Gasteiger partial charge in [-0.15, -0.1) is 13.2 Å². The molecule has 0 aromatic rings. The summed E-state index contributed by atoms with van der Waals surface area (Å²) >= 11 is 0. The second-order valence-corrected chi connectivity index (χ2v) is 3.36. The average molecular weight is 196 g/mol. The summed E-state index contributed by atoms with van der Waals surface area (Å²) in [6.07, 6.45) is 3.90. The van der Waals surface area contributed by atoms with Gasteiger partial charge in [-0.05, 0) is 13.1 Å². The Kier molecular flexibility index (Phi) is 8.59. The van der Waals surface area contributed by atoms with Gasteiger partial charge in [-0.25, -0.2) is 0 Å². The largest absolute Gasteiger partial charge is 0.303 e. The highest BCUT2D eigenvalue weighted by Crippen LogP contribution is 1.92. The topological polar surface area (TPSA) is 6.48 Å². The maximum absolute atomic E-state index is 3.76. The molecule has 0 fully saturated rings. The molecule has 0 rings (SSSR count). The van der Waals surface area contributed by atoms with Gasteiger partial charge in [0.25, 0.3) is 0 Å². The molecule has 0 bridgehead atoms. The second kappa shape index (κ2) is 8.97. The van der Waals surface area contributed by atoms with Crippen molar-refractivity contribution in [2.24, 2.45) is 0 Å². The van der Waals surface area contributed by atoms with E-state index in [1.165, 1.54) is 0 Å². The Bertz CT molecular complexity index is 140. The normalized spacial score (nSPS) is 10.9. The minimum atomic E-state index is 0.952. The third kappa shape index (κ3) is 5.95. The Balaban J connectivity index is 3.77. The first kappa shape index (κ1) is 13.4. The molecule has 0 saturated carbocycles. The summed E-state index contributed by atoms with van der Waals surface area (Å²) in [7, 11) is 0. The van der Waals surface area contributed by atoms with Crippen LogP contribution in [0.5, 0.6) is 0 Å². The van der Waals surface area contributed by atoms with Gasteiger partial charge in [0.15, 0.2) is 0 Å². The van der Waals surface area contributed by atoms with Gasteiger partial charge < -0.3 is 4.90 Å². The van der Waals surface area contributed by atoms with Gasteiger partial charge in [0, 0.05) is 26.2 Å². The van der Waals surface area contributed by atoms with E-state index < -0.39 is 0 Å². The Morgan fingerprint density at radius 2 is 1.29 bits per heavy atom. The predicted molar refractivity (Wildman–Crippen MR) is 64.6 cm³/mol. The molecule has 0 N–H and O–H groups in total. The van der Waals surface area contributed by atoms with Crippen LogP contribution in [0, 0.1) is 0 Å². The molecule has 2 nitrogen and oxygen atoms in total. The lowest BCUT2D eigenvalue weighted by atomic mass is 10.4. The summed E-state index contributed by atoms with van der Waals surface area (Å²) in [6.45, 7) is 18.3. The van der Waals surface area contributed by atoms with E-state index in [0.29, 0.717) is 0 Å². The quantitative estimate of drug-likeness (QED) is 0.520. The van der Waals surface area contributed by atoms with Crippen molar-refractivity contribution in [1.82, 2.24) is 9.80 Å². The first-order valence-corrected chi connectivity index (χ1v) is 5.44. The first-order chi connectivity index (χ1) is 6.78. The molecule has 0 aliphatic carbocycles. The van der Waals surface area contributed by atoms with Crippen LogP contribution < -0.4 is 0 Å². The molecule has 82 valence electrons. The highest BCUT2D eigenvalue weighted by molar-refractivity contribution is 4.80. The Morgan fingerprint density at radius 3 is 1.64 bits per heavy atom. The van der Waals surface area contributed by atoms with Gasteiger partial charge in [0.2, 0.25) is 0 Å². The van der Waals surface area contributed by atoms with Crippen molar-refractivity contribution in [3.63, 3.8) is 0 Å². The van der Waals surface area contributed by atoms with Gasteiger partial charge in [0.05, 0.1) is 0 Å². The molecule has 0 aliphatic heterocycles. The number of hydrogen-bond acceptors (Lipinski definition) is 2. The number of likely N-dealkylation sites (N-methyl/N-ethyl adjacent to an activating group) is 1. The summed E-state index contributed by atoms with van der Waals surface area (Å²) in [6, 6.07) is 0. The van der Waals surface area contributed by atoms with Crippen molar-refractivity contribution >= 4 is 0 Å². The Labute approximate surface area is 88.9 Å². The molecule has 2 heteroatoms. The molecule has 0 spiro atoms. The Hall–Kier alpha value is -0.600. The molecule has 0 aliphatic rings. The highest BCUT2D eigenvalue weighted by atomic mass is 15.2. The highest BCUT2D eigenvalue weighted by Gasteiger charge is 2.03. The SMILES string of the molecule is C=CCN(CC=C)CCN(CC)CC. The van der Waals surface area contributed by atoms with Crippen LogP contribution in [-0.4, -0.2) is 49.1 Å². The smallest absolute Gasteiger partial charge is 0.0164 e. The van der Waals surface area contributed by atoms with E-state index in [0.717, 1.165) is 39.3 Å². The summed E-state index contributed by atoms with van der Waals surface area (Å²) < 4.78 is 0. The number of nitrogens with zero attached hydrogens (tertiary/aromatic N) is 2. The maximum atomic E-state index is 3.76. The van der Waals surface area contributed by atoms with Gasteiger partial charge in [-0.2, -0.15) is 0 Å². The molecule has 0 amide bonds. The molecule has 0 unspecified atom stereocenters. The number of hydrogen-bond donors (Lipinski definition) is 0. The fourth-order valence-electron chi connectivity index (χ4n) is 1.44. The van der Waals surface area contributed by atoms with E-state index in [1.54, 1.807) is 0 Å². The van der Waals surface area contributed by atoms with Crippen LogP contribution in [0.15, 0.2) is 25.3 Å². The zero-order valence-electron chi connectivity index (χ0n) is 9.71. The average Bonchev–Trinajstić information content (AvgIpc) is 2.20. The Morgan fingerprint density at radius 1 is 0.857 bits per heavy atom. The van der Waals surface area contributed by atoms with Crippen LogP contribution in [0.25, 0.3) is 0 Å². The molecular weight excluding hydrogens is 172 g/mol. The van der Waals surface area contributed by atoms with E-state index in [-0.39, 0.29) is 0 Å². The first-order valence-electron chi connectivity index (χ1n) is 5.44. The fourth-order valence-corrected chi connectivity index (χ4v) is 1.44. The molecular formula is C12H24N2. The summed E-state index contributed by atoms with van der Waals surface area (Å²) in [5.41, 5.74) is 0. The lowest BCUT2D eigenvalue weighted by molar-refractivity contribution is 0.240.